The summed E-state index contributed by atoms with van der Waals surface area (Å²) in [6.45, 7) is 0. The zero-order valence-electron chi connectivity index (χ0n) is 13.5. The molecule has 0 aromatic heterocycles. The summed E-state index contributed by atoms with van der Waals surface area (Å²) in [5, 5.41) is 0. The summed E-state index contributed by atoms with van der Waals surface area (Å²) in [7, 11) is 0. The lowest BCUT2D eigenvalue weighted by atomic mass is 10.1. The third-order valence-electron chi connectivity index (χ3n) is 3.41. The number of nitrogens with two attached hydrogens (primary N) is 3. The van der Waals surface area contributed by atoms with Crippen molar-refractivity contribution in [2.75, 3.05) is 0 Å². The fraction of sp³-hybridized carbons (Fsp3) is 0.133. The molecule has 0 saturated carbocycles. The van der Waals surface area contributed by atoms with E-state index in [1.165, 1.54) is 0 Å². The van der Waals surface area contributed by atoms with E-state index in [1.807, 2.05) is 24.3 Å². The highest BCUT2D eigenvalue weighted by molar-refractivity contribution is 14.1. The molecular weight excluding hydrogens is 808 g/mol. The SMILES string of the molecule is NN[C@@H](Cc1cc(I)c(Oc2cc(I)c(ON)c(I)c2)c(I)c1)C(=O)ON. The Morgan fingerprint density at radius 2 is 1.48 bits per heavy atom. The second-order valence-corrected chi connectivity index (χ2v) is 9.83. The van der Waals surface area contributed by atoms with Crippen LogP contribution in [0.3, 0.4) is 0 Å². The molecule has 0 aliphatic heterocycles. The first-order valence-electron chi connectivity index (χ1n) is 7.19. The number of carbonyl (C=O) groups is 1. The largest absolute Gasteiger partial charge is 0.455 e. The zero-order chi connectivity index (χ0) is 20.1. The van der Waals surface area contributed by atoms with Gasteiger partial charge in [0.25, 0.3) is 0 Å². The minimum Gasteiger partial charge on any atom is -0.455 e. The van der Waals surface area contributed by atoms with Gasteiger partial charge in [-0.3, -0.25) is 5.84 Å². The van der Waals surface area contributed by atoms with Crippen molar-refractivity contribution in [3.8, 4) is 17.2 Å². The zero-order valence-corrected chi connectivity index (χ0v) is 22.1. The first-order valence-corrected chi connectivity index (χ1v) is 11.5. The van der Waals surface area contributed by atoms with Crippen molar-refractivity contribution in [1.82, 2.24) is 5.43 Å². The van der Waals surface area contributed by atoms with E-state index in [2.05, 4.69) is 101 Å². The molecular formula is C15H14I4N4O4. The minimum atomic E-state index is -0.736. The van der Waals surface area contributed by atoms with Crippen LogP contribution in [0.1, 0.15) is 5.56 Å². The Bertz CT molecular complexity index is 807. The summed E-state index contributed by atoms with van der Waals surface area (Å²) in [6.07, 6.45) is 0.331. The Kier molecular flexibility index (Phi) is 9.49. The normalized spacial score (nSPS) is 11.8. The molecule has 27 heavy (non-hydrogen) atoms. The van der Waals surface area contributed by atoms with Gasteiger partial charge in [0.2, 0.25) is 0 Å². The maximum Gasteiger partial charge on any atom is 0.343 e. The van der Waals surface area contributed by atoms with Gasteiger partial charge in [0.1, 0.15) is 11.8 Å². The van der Waals surface area contributed by atoms with Gasteiger partial charge in [0.05, 0.1) is 14.3 Å². The van der Waals surface area contributed by atoms with Crippen molar-refractivity contribution in [1.29, 1.82) is 0 Å². The third kappa shape index (κ3) is 6.12. The molecule has 8 nitrogen and oxygen atoms in total. The van der Waals surface area contributed by atoms with Crippen LogP contribution in [0.25, 0.3) is 0 Å². The Labute approximate surface area is 210 Å². The second-order valence-electron chi connectivity index (χ2n) is 5.18. The summed E-state index contributed by atoms with van der Waals surface area (Å²) in [6, 6.07) is 6.78. The third-order valence-corrected chi connectivity index (χ3v) is 6.61. The molecule has 2 aromatic carbocycles. The van der Waals surface area contributed by atoms with Crippen LogP contribution in [0.15, 0.2) is 24.3 Å². The van der Waals surface area contributed by atoms with Gasteiger partial charge in [-0.05, 0) is 127 Å². The Morgan fingerprint density at radius 3 is 1.93 bits per heavy atom. The van der Waals surface area contributed by atoms with Crippen LogP contribution < -0.4 is 32.6 Å². The van der Waals surface area contributed by atoms with E-state index in [1.54, 1.807) is 0 Å². The fourth-order valence-electron chi connectivity index (χ4n) is 2.18. The van der Waals surface area contributed by atoms with Crippen molar-refractivity contribution in [2.45, 2.75) is 12.5 Å². The first-order chi connectivity index (χ1) is 12.8. The number of halogens is 4. The lowest BCUT2D eigenvalue weighted by Gasteiger charge is -2.16. The fourth-order valence-corrected chi connectivity index (χ4v) is 6.26. The van der Waals surface area contributed by atoms with Crippen molar-refractivity contribution in [2.24, 2.45) is 17.6 Å². The van der Waals surface area contributed by atoms with Gasteiger partial charge in [-0.15, -0.1) is 0 Å². The average molecular weight is 822 g/mol. The molecule has 0 aliphatic rings. The smallest absolute Gasteiger partial charge is 0.343 e. The van der Waals surface area contributed by atoms with E-state index in [-0.39, 0.29) is 0 Å². The summed E-state index contributed by atoms with van der Waals surface area (Å²) in [4.78, 5) is 20.7. The van der Waals surface area contributed by atoms with Gasteiger partial charge < -0.3 is 14.4 Å². The molecule has 12 heteroatoms. The Morgan fingerprint density at radius 1 is 0.963 bits per heavy atom. The molecule has 0 heterocycles. The topological polar surface area (TPSA) is 135 Å². The lowest BCUT2D eigenvalue weighted by Crippen LogP contribution is -2.44. The van der Waals surface area contributed by atoms with Crippen LogP contribution >= 0.6 is 90.4 Å². The van der Waals surface area contributed by atoms with E-state index >= 15 is 0 Å². The molecule has 2 aromatic rings. The maximum atomic E-state index is 11.6. The van der Waals surface area contributed by atoms with Crippen molar-refractivity contribution >= 4 is 96.3 Å². The highest BCUT2D eigenvalue weighted by Crippen LogP contribution is 2.37. The number of rotatable bonds is 7. The number of ether oxygens (including phenoxy) is 1. The van der Waals surface area contributed by atoms with E-state index in [0.29, 0.717) is 23.7 Å². The molecule has 146 valence electrons. The van der Waals surface area contributed by atoms with Crippen molar-refractivity contribution in [3.05, 3.63) is 44.1 Å². The molecule has 0 fully saturated rings. The predicted molar refractivity (Wildman–Crippen MR) is 134 cm³/mol. The number of carbonyl (C=O) groups excluding carboxylic acids is 1. The highest BCUT2D eigenvalue weighted by Gasteiger charge is 2.20. The first kappa shape index (κ1) is 23.5. The molecule has 1 atom stereocenters. The average Bonchev–Trinajstić information content (AvgIpc) is 2.62. The van der Waals surface area contributed by atoms with E-state index in [4.69, 9.17) is 27.2 Å². The van der Waals surface area contributed by atoms with Crippen LogP contribution in [0, 0.1) is 14.3 Å². The number of hydrogen-bond acceptors (Lipinski definition) is 8. The summed E-state index contributed by atoms with van der Waals surface area (Å²) < 4.78 is 9.54. The van der Waals surface area contributed by atoms with Gasteiger partial charge in [-0.2, -0.15) is 11.8 Å². The molecule has 0 amide bonds. The number of hydrogen-bond donors (Lipinski definition) is 4. The monoisotopic (exact) mass is 822 g/mol. The second kappa shape index (κ2) is 10.9. The lowest BCUT2D eigenvalue weighted by molar-refractivity contribution is -0.146. The van der Waals surface area contributed by atoms with Crippen LogP contribution in [0.5, 0.6) is 17.2 Å². The number of benzene rings is 2. The van der Waals surface area contributed by atoms with Crippen LogP contribution in [-0.4, -0.2) is 12.0 Å². The van der Waals surface area contributed by atoms with Crippen molar-refractivity contribution in [3.63, 3.8) is 0 Å². The Hall–Kier alpha value is 0.270. The minimum absolute atomic E-state index is 0.331. The van der Waals surface area contributed by atoms with Gasteiger partial charge in [-0.1, -0.05) is 0 Å². The molecule has 0 saturated heterocycles. The molecule has 0 spiro atoms. The summed E-state index contributed by atoms with van der Waals surface area (Å²) >= 11 is 8.64. The standard InChI is InChI=1S/C15H14I4N4O4/c16-8-1-6(3-12(23-20)15(24)27-22)2-9(17)13(8)25-7-4-10(18)14(26-21)11(19)5-7/h1-2,4-5,12,23H,3,20-22H2/t12-/m0/s1. The van der Waals surface area contributed by atoms with E-state index < -0.39 is 12.0 Å². The number of hydrazine groups is 1. The molecule has 0 bridgehead atoms. The quantitative estimate of drug-likeness (QED) is 0.191. The molecule has 0 aliphatic carbocycles. The van der Waals surface area contributed by atoms with Gasteiger partial charge in [0, 0.05) is 0 Å². The number of nitrogens with one attached hydrogen (secondary N) is 1. The highest BCUT2D eigenvalue weighted by atomic mass is 127. The van der Waals surface area contributed by atoms with Crippen LogP contribution in [0.4, 0.5) is 0 Å². The maximum absolute atomic E-state index is 11.6. The summed E-state index contributed by atoms with van der Waals surface area (Å²) in [5.41, 5.74) is 3.29. The molecule has 0 radical (unpaired) electrons. The summed E-state index contributed by atoms with van der Waals surface area (Å²) in [5.74, 6) is 17.0. The van der Waals surface area contributed by atoms with E-state index in [9.17, 15) is 4.79 Å². The van der Waals surface area contributed by atoms with Gasteiger partial charge in [0.15, 0.2) is 11.5 Å². The van der Waals surface area contributed by atoms with Gasteiger partial charge in [-0.25, -0.2) is 10.2 Å². The molecule has 0 unspecified atom stereocenters. The molecule has 7 N–H and O–H groups in total. The predicted octanol–water partition coefficient (Wildman–Crippen LogP) is 2.94. The molecule has 2 rings (SSSR count). The van der Waals surface area contributed by atoms with Crippen LogP contribution in [0.2, 0.25) is 0 Å². The Balaban J connectivity index is 2.28. The van der Waals surface area contributed by atoms with Crippen LogP contribution in [-0.2, 0) is 16.1 Å². The van der Waals surface area contributed by atoms with Crippen molar-refractivity contribution < 1.29 is 19.2 Å². The van der Waals surface area contributed by atoms with Gasteiger partial charge >= 0.3 is 5.97 Å². The van der Waals surface area contributed by atoms with E-state index in [0.717, 1.165) is 19.8 Å².